The van der Waals surface area contributed by atoms with Crippen LogP contribution in [0.15, 0.2) is 53.9 Å². The second-order valence-electron chi connectivity index (χ2n) is 6.12. The number of allylic oxidation sites excluding steroid dienone is 1. The number of nitriles is 1. The molecule has 2 heterocycles. The van der Waals surface area contributed by atoms with Gasteiger partial charge in [-0.1, -0.05) is 35.9 Å². The van der Waals surface area contributed by atoms with Crippen LogP contribution in [0.2, 0.25) is 0 Å². The lowest BCUT2D eigenvalue weighted by molar-refractivity contribution is -0.351. The number of rotatable bonds is 5. The fourth-order valence-electron chi connectivity index (χ4n) is 2.90. The summed E-state index contributed by atoms with van der Waals surface area (Å²) in [6, 6.07) is 9.22. The lowest BCUT2D eigenvalue weighted by Crippen LogP contribution is -2.28. The minimum atomic E-state index is -0.612. The molecule has 1 N–H and O–H groups in total. The van der Waals surface area contributed by atoms with E-state index in [4.69, 9.17) is 17.2 Å². The number of benzene rings is 1. The van der Waals surface area contributed by atoms with Gasteiger partial charge < -0.3 is 15.1 Å². The van der Waals surface area contributed by atoms with E-state index in [2.05, 4.69) is 16.8 Å². The number of nitrogens with zero attached hydrogens (tertiary/aromatic N) is 3. The van der Waals surface area contributed by atoms with Crippen LogP contribution in [0.1, 0.15) is 12.0 Å². The van der Waals surface area contributed by atoms with Crippen molar-refractivity contribution in [3.05, 3.63) is 59.5 Å². The van der Waals surface area contributed by atoms with Gasteiger partial charge in [0.15, 0.2) is 0 Å². The molecule has 1 aromatic carbocycles. The van der Waals surface area contributed by atoms with E-state index in [0.717, 1.165) is 17.0 Å². The molecule has 8 nitrogen and oxygen atoms in total. The number of carbonyl (C=O) groups is 2. The third kappa shape index (κ3) is 3.26. The van der Waals surface area contributed by atoms with Gasteiger partial charge in [0.25, 0.3) is 11.8 Å². The molecule has 2 amide bonds. The molecule has 0 aliphatic carbocycles. The lowest BCUT2D eigenvalue weighted by Gasteiger charge is -2.12. The lowest BCUT2D eigenvalue weighted by atomic mass is 9.99. The molecule has 28 heavy (non-hydrogen) atoms. The largest absolute Gasteiger partial charge is 0.378 e. The smallest absolute Gasteiger partial charge is 0.284 e. The van der Waals surface area contributed by atoms with E-state index in [-0.39, 0.29) is 33.8 Å². The molecule has 0 aromatic heterocycles. The van der Waals surface area contributed by atoms with Crippen molar-refractivity contribution in [1.82, 2.24) is 10.4 Å². The molecule has 0 atom stereocenters. The highest BCUT2D eigenvalue weighted by molar-refractivity contribution is 7.80. The molecule has 1 saturated heterocycles. The summed E-state index contributed by atoms with van der Waals surface area (Å²) in [7, 11) is 3.80. The molecule has 1 aromatic rings. The van der Waals surface area contributed by atoms with Gasteiger partial charge in [-0.05, 0) is 17.7 Å². The number of anilines is 1. The van der Waals surface area contributed by atoms with E-state index in [0.29, 0.717) is 5.56 Å². The minimum Gasteiger partial charge on any atom is -0.378 e. The van der Waals surface area contributed by atoms with E-state index in [9.17, 15) is 14.9 Å². The average Bonchev–Trinajstić information content (AvgIpc) is 3.15. The summed E-state index contributed by atoms with van der Waals surface area (Å²) in [4.78, 5) is 36.6. The Labute approximate surface area is 166 Å². The third-order valence-corrected chi connectivity index (χ3v) is 4.54. The number of amides is 2. The second kappa shape index (κ2) is 7.64. The van der Waals surface area contributed by atoms with Gasteiger partial charge in [-0.3, -0.25) is 9.59 Å². The number of hydrogen-bond acceptors (Lipinski definition) is 7. The highest BCUT2D eigenvalue weighted by atomic mass is 32.1. The van der Waals surface area contributed by atoms with Crippen molar-refractivity contribution in [3.8, 4) is 6.07 Å². The summed E-state index contributed by atoms with van der Waals surface area (Å²) in [6.45, 7) is 3.31. The highest BCUT2D eigenvalue weighted by Gasteiger charge is 2.40. The predicted octanol–water partition coefficient (Wildman–Crippen LogP) is 1.98. The topological polar surface area (TPSA) is 94.9 Å². The Kier molecular flexibility index (Phi) is 5.26. The summed E-state index contributed by atoms with van der Waals surface area (Å²) >= 11 is 5.12. The Hall–Kier alpha value is -3.48. The first-order chi connectivity index (χ1) is 13.4. The molecule has 0 bridgehead atoms. The number of hydrogen-bond donors (Lipinski definition) is 1. The Morgan fingerprint density at radius 1 is 1.32 bits per heavy atom. The summed E-state index contributed by atoms with van der Waals surface area (Å²) in [5.41, 5.74) is 2.10. The number of hydroxylamine groups is 2. The van der Waals surface area contributed by atoms with Gasteiger partial charge in [-0.2, -0.15) is 5.26 Å². The van der Waals surface area contributed by atoms with Crippen molar-refractivity contribution in [1.29, 1.82) is 5.26 Å². The van der Waals surface area contributed by atoms with Gasteiger partial charge in [0, 0.05) is 26.2 Å². The first kappa shape index (κ1) is 19.3. The van der Waals surface area contributed by atoms with Crippen molar-refractivity contribution < 1.29 is 19.5 Å². The fourth-order valence-corrected chi connectivity index (χ4v) is 3.15. The summed E-state index contributed by atoms with van der Waals surface area (Å²) in [5, 5.41) is 13.1. The van der Waals surface area contributed by atoms with Crippen LogP contribution >= 0.6 is 12.2 Å². The molecule has 0 radical (unpaired) electrons. The first-order valence-corrected chi connectivity index (χ1v) is 8.58. The van der Waals surface area contributed by atoms with Crippen molar-refractivity contribution in [3.63, 3.8) is 0 Å². The molecule has 1 fully saturated rings. The summed E-state index contributed by atoms with van der Waals surface area (Å²) < 4.78 is 0. The van der Waals surface area contributed by atoms with Crippen LogP contribution in [-0.4, -0.2) is 36.0 Å². The number of nitrogens with one attached hydrogen (secondary N) is 1. The van der Waals surface area contributed by atoms with Crippen molar-refractivity contribution in [2.45, 2.75) is 6.42 Å². The maximum atomic E-state index is 12.6. The quantitative estimate of drug-likeness (QED) is 0.267. The van der Waals surface area contributed by atoms with Gasteiger partial charge in [0.2, 0.25) is 0 Å². The third-order valence-electron chi connectivity index (χ3n) is 4.23. The fraction of sp³-hybridized carbons (Fsp3) is 0.158. The molecule has 0 spiro atoms. The number of carbonyl (C=O) groups excluding carboxylic acids is 2. The SMILES string of the molecule is C=COON1C(=O)/C(=C2/NC(=O)C(c3ccc(N(C)C)cc3)=C2C#N)CC1=S. The molecule has 9 heteroatoms. The molecule has 0 unspecified atom stereocenters. The predicted molar refractivity (Wildman–Crippen MR) is 105 cm³/mol. The Bertz CT molecular complexity index is 986. The van der Waals surface area contributed by atoms with Crippen LogP contribution in [0.25, 0.3) is 5.57 Å². The van der Waals surface area contributed by atoms with Crippen molar-refractivity contribution in [2.24, 2.45) is 0 Å². The zero-order valence-electron chi connectivity index (χ0n) is 15.2. The summed E-state index contributed by atoms with van der Waals surface area (Å²) in [5.74, 6) is -1.07. The summed E-state index contributed by atoms with van der Waals surface area (Å²) in [6.07, 6.45) is 1.02. The van der Waals surface area contributed by atoms with E-state index in [1.165, 1.54) is 0 Å². The maximum Gasteiger partial charge on any atom is 0.284 e. The second-order valence-corrected chi connectivity index (χ2v) is 6.59. The van der Waals surface area contributed by atoms with Crippen molar-refractivity contribution in [2.75, 3.05) is 19.0 Å². The van der Waals surface area contributed by atoms with Gasteiger partial charge in [0.05, 0.1) is 22.4 Å². The normalized spacial score (nSPS) is 19.0. The molecule has 3 rings (SSSR count). The maximum absolute atomic E-state index is 12.6. The highest BCUT2D eigenvalue weighted by Crippen LogP contribution is 2.34. The van der Waals surface area contributed by atoms with E-state index in [1.54, 1.807) is 12.1 Å². The van der Waals surface area contributed by atoms with Crippen LogP contribution in [0.3, 0.4) is 0 Å². The molecular weight excluding hydrogens is 380 g/mol. The van der Waals surface area contributed by atoms with Crippen LogP contribution in [-0.2, 0) is 19.5 Å². The van der Waals surface area contributed by atoms with Crippen LogP contribution in [0.4, 0.5) is 5.69 Å². The van der Waals surface area contributed by atoms with E-state index >= 15 is 0 Å². The average molecular weight is 396 g/mol. The Morgan fingerprint density at radius 3 is 2.57 bits per heavy atom. The van der Waals surface area contributed by atoms with Gasteiger partial charge in [-0.15, -0.1) is 5.06 Å². The zero-order valence-corrected chi connectivity index (χ0v) is 16.0. The van der Waals surface area contributed by atoms with E-state index in [1.807, 2.05) is 37.2 Å². The number of thiocarbonyl (C=S) groups is 1. The zero-order chi connectivity index (χ0) is 20.4. The van der Waals surface area contributed by atoms with Crippen molar-refractivity contribution >= 4 is 40.3 Å². The molecular formula is C19H16N4O4S. The molecule has 2 aliphatic rings. The Balaban J connectivity index is 2.05. The molecule has 142 valence electrons. The Morgan fingerprint density at radius 2 is 2.00 bits per heavy atom. The standard InChI is InChI=1S/C19H16N4O4S/c1-4-26-27-23-15(28)9-13(19(23)25)17-14(10-20)16(18(24)21-17)11-5-7-12(8-6-11)22(2)3/h4-8H,1,9H2,2-3H3,(H,21,24)/b17-13+. The monoisotopic (exact) mass is 396 g/mol. The van der Waals surface area contributed by atoms with Gasteiger partial charge in [0.1, 0.15) is 17.3 Å². The first-order valence-electron chi connectivity index (χ1n) is 8.17. The van der Waals surface area contributed by atoms with Gasteiger partial charge in [-0.25, -0.2) is 0 Å². The van der Waals surface area contributed by atoms with Gasteiger partial charge >= 0.3 is 0 Å². The van der Waals surface area contributed by atoms with Crippen LogP contribution in [0, 0.1) is 11.3 Å². The minimum absolute atomic E-state index is 0.0301. The molecule has 2 aliphatic heterocycles. The molecule has 0 saturated carbocycles. The van der Waals surface area contributed by atoms with E-state index < -0.39 is 11.8 Å². The van der Waals surface area contributed by atoms with Crippen LogP contribution < -0.4 is 10.2 Å². The van der Waals surface area contributed by atoms with Crippen LogP contribution in [0.5, 0.6) is 0 Å².